The average Bonchev–Trinajstić information content (AvgIpc) is 3.41. The second-order valence-electron chi connectivity index (χ2n) is 11.2. The van der Waals surface area contributed by atoms with E-state index in [9.17, 15) is 14.4 Å². The van der Waals surface area contributed by atoms with Crippen LogP contribution in [0.1, 0.15) is 46.9 Å². The first-order valence-corrected chi connectivity index (χ1v) is 18.5. The molecule has 0 spiro atoms. The number of thiazole rings is 1. The predicted molar refractivity (Wildman–Crippen MR) is 210 cm³/mol. The van der Waals surface area contributed by atoms with E-state index in [4.69, 9.17) is 19.2 Å². The van der Waals surface area contributed by atoms with E-state index >= 15 is 0 Å². The molecular weight excluding hydrogens is 880 g/mol. The lowest BCUT2D eigenvalue weighted by Gasteiger charge is -2.25. The summed E-state index contributed by atoms with van der Waals surface area (Å²) in [5.41, 5.74) is 4.01. The van der Waals surface area contributed by atoms with Crippen LogP contribution in [0.3, 0.4) is 0 Å². The zero-order valence-electron chi connectivity index (χ0n) is 27.2. The first kappa shape index (κ1) is 35.5. The van der Waals surface area contributed by atoms with Crippen molar-refractivity contribution >= 4 is 80.2 Å². The number of ether oxygens (including phenoxy) is 3. The Morgan fingerprint density at radius 3 is 2.48 bits per heavy atom. The van der Waals surface area contributed by atoms with Gasteiger partial charge in [0, 0.05) is 14.8 Å². The third kappa shape index (κ3) is 7.71. The summed E-state index contributed by atoms with van der Waals surface area (Å²) in [5.74, 6) is 0.504. The fraction of sp³-hybridized carbons (Fsp3) is 0.158. The molecule has 0 radical (unpaired) electrons. The number of halogens is 2. The maximum absolute atomic E-state index is 14.4. The molecule has 0 saturated heterocycles. The molecule has 254 valence electrons. The topological polar surface area (TPSA) is 108 Å². The molecule has 1 aromatic heterocycles. The molecule has 1 aliphatic heterocycles. The number of fused-ring (bicyclic) bond motifs is 1. The van der Waals surface area contributed by atoms with Crippen LogP contribution < -0.4 is 29.7 Å². The molecule has 0 unspecified atom stereocenters. The van der Waals surface area contributed by atoms with Gasteiger partial charge in [-0.1, -0.05) is 53.8 Å². The minimum absolute atomic E-state index is 0.247. The minimum Gasteiger partial charge on any atom is -0.497 e. The third-order valence-electron chi connectivity index (χ3n) is 7.88. The number of anilines is 1. The maximum atomic E-state index is 14.4. The monoisotopic (exact) mass is 911 g/mol. The van der Waals surface area contributed by atoms with Gasteiger partial charge in [-0.15, -0.1) is 0 Å². The van der Waals surface area contributed by atoms with Gasteiger partial charge in [-0.25, -0.2) is 9.79 Å². The molecule has 5 aromatic rings. The number of nitrogens with zero attached hydrogens (tertiary/aromatic N) is 2. The molecule has 12 heteroatoms. The van der Waals surface area contributed by atoms with Gasteiger partial charge in [-0.2, -0.15) is 0 Å². The van der Waals surface area contributed by atoms with Crippen LogP contribution in [-0.4, -0.2) is 30.2 Å². The van der Waals surface area contributed by atoms with Gasteiger partial charge in [0.1, 0.15) is 18.1 Å². The number of para-hydroxylation sites is 1. The summed E-state index contributed by atoms with van der Waals surface area (Å²) in [4.78, 5) is 45.6. The molecule has 0 saturated carbocycles. The number of rotatable bonds is 10. The predicted octanol–water partition coefficient (Wildman–Crippen LogP) is 6.85. The second kappa shape index (κ2) is 15.7. The molecule has 1 N–H and O–H groups in total. The fourth-order valence-corrected chi connectivity index (χ4v) is 8.63. The molecule has 6 rings (SSSR count). The Morgan fingerprint density at radius 2 is 1.76 bits per heavy atom. The standard InChI is InChI=1S/C38H31I2N3O6S/c1-4-48-37(46)24-15-13-23(14-16-24)21-49-34-26(17-27(39)20-30(34)40)19-31-36(45)43-33(25-9-8-12-29(18-25)47-3)32(22(2)41-38(43)50-31)35(44)42-28-10-6-5-7-11-28/h5-20,33H,4,21H2,1-3H3,(H,42,44)/b31-19-/t33-/m1/s1. The first-order chi connectivity index (χ1) is 24.2. The van der Waals surface area contributed by atoms with E-state index in [1.165, 1.54) is 11.3 Å². The van der Waals surface area contributed by atoms with E-state index in [1.807, 2.05) is 84.9 Å². The van der Waals surface area contributed by atoms with Crippen LogP contribution >= 0.6 is 56.5 Å². The van der Waals surface area contributed by atoms with E-state index in [-0.39, 0.29) is 24.0 Å². The molecule has 50 heavy (non-hydrogen) atoms. The molecule has 2 heterocycles. The smallest absolute Gasteiger partial charge is 0.338 e. The number of hydrogen-bond donors (Lipinski definition) is 1. The van der Waals surface area contributed by atoms with Gasteiger partial charge < -0.3 is 19.5 Å². The van der Waals surface area contributed by atoms with Crippen LogP contribution in [0.2, 0.25) is 0 Å². The van der Waals surface area contributed by atoms with Crippen LogP contribution in [0.25, 0.3) is 6.08 Å². The Bertz CT molecular complexity index is 2300. The summed E-state index contributed by atoms with van der Waals surface area (Å²) in [6.07, 6.45) is 1.82. The van der Waals surface area contributed by atoms with Crippen molar-refractivity contribution in [1.82, 2.24) is 4.57 Å². The Balaban J connectivity index is 1.41. The molecule has 0 bridgehead atoms. The van der Waals surface area contributed by atoms with Crippen molar-refractivity contribution in [3.8, 4) is 11.5 Å². The van der Waals surface area contributed by atoms with Crippen molar-refractivity contribution in [3.63, 3.8) is 0 Å². The number of carbonyl (C=O) groups excluding carboxylic acids is 2. The normalized spacial score (nSPS) is 14.1. The number of allylic oxidation sites excluding steroid dienone is 1. The van der Waals surface area contributed by atoms with E-state index in [1.54, 1.807) is 37.7 Å². The summed E-state index contributed by atoms with van der Waals surface area (Å²) in [5, 5.41) is 2.98. The number of carbonyl (C=O) groups is 2. The highest BCUT2D eigenvalue weighted by Crippen LogP contribution is 2.33. The van der Waals surface area contributed by atoms with Crippen LogP contribution in [0, 0.1) is 7.14 Å². The SMILES string of the molecule is CCOC(=O)c1ccc(COc2c(I)cc(I)cc2/C=c2\sc3n(c2=O)[C@H](c2cccc(OC)c2)C(C(=O)Nc2ccccc2)=C(C)N=3)cc1. The van der Waals surface area contributed by atoms with E-state index < -0.39 is 6.04 Å². The zero-order valence-corrected chi connectivity index (χ0v) is 32.4. The average molecular weight is 912 g/mol. The summed E-state index contributed by atoms with van der Waals surface area (Å²) in [7, 11) is 1.58. The van der Waals surface area contributed by atoms with E-state index in [0.717, 1.165) is 18.3 Å². The van der Waals surface area contributed by atoms with Crippen LogP contribution in [0.4, 0.5) is 5.69 Å². The molecule has 1 amide bonds. The van der Waals surface area contributed by atoms with Crippen molar-refractivity contribution in [2.75, 3.05) is 19.0 Å². The second-order valence-corrected chi connectivity index (χ2v) is 14.6. The number of hydrogen-bond acceptors (Lipinski definition) is 8. The summed E-state index contributed by atoms with van der Waals surface area (Å²) >= 11 is 5.73. The van der Waals surface area contributed by atoms with Gasteiger partial charge in [0.25, 0.3) is 11.5 Å². The summed E-state index contributed by atoms with van der Waals surface area (Å²) in [6.45, 7) is 4.11. The van der Waals surface area contributed by atoms with Gasteiger partial charge >= 0.3 is 5.97 Å². The molecule has 4 aromatic carbocycles. The zero-order chi connectivity index (χ0) is 35.4. The molecule has 1 aliphatic rings. The van der Waals surface area contributed by atoms with E-state index in [0.29, 0.717) is 55.5 Å². The summed E-state index contributed by atoms with van der Waals surface area (Å²) < 4.78 is 20.8. The van der Waals surface area contributed by atoms with Crippen molar-refractivity contribution in [3.05, 3.63) is 151 Å². The molecule has 1 atom stereocenters. The molecule has 0 aliphatic carbocycles. The molecule has 9 nitrogen and oxygen atoms in total. The Kier molecular flexibility index (Phi) is 11.2. The molecule has 0 fully saturated rings. The van der Waals surface area contributed by atoms with Gasteiger partial charge in [-0.3, -0.25) is 14.2 Å². The maximum Gasteiger partial charge on any atom is 0.338 e. The highest BCUT2D eigenvalue weighted by Gasteiger charge is 2.33. The fourth-order valence-electron chi connectivity index (χ4n) is 5.55. The highest BCUT2D eigenvalue weighted by atomic mass is 127. The highest BCUT2D eigenvalue weighted by molar-refractivity contribution is 14.1. The van der Waals surface area contributed by atoms with Crippen LogP contribution in [0.5, 0.6) is 11.5 Å². The third-order valence-corrected chi connectivity index (χ3v) is 10.3. The molecular formula is C38H31I2N3O6S. The number of amides is 1. The first-order valence-electron chi connectivity index (χ1n) is 15.6. The van der Waals surface area contributed by atoms with Gasteiger partial charge in [0.05, 0.1) is 44.7 Å². The van der Waals surface area contributed by atoms with Crippen molar-refractivity contribution < 1.29 is 23.8 Å². The lowest BCUT2D eigenvalue weighted by molar-refractivity contribution is -0.113. The van der Waals surface area contributed by atoms with E-state index in [2.05, 4.69) is 50.5 Å². The number of aromatic nitrogens is 1. The number of methoxy groups -OCH3 is 1. The Morgan fingerprint density at radius 1 is 1.00 bits per heavy atom. The van der Waals surface area contributed by atoms with Gasteiger partial charge in [0.2, 0.25) is 0 Å². The Labute approximate surface area is 319 Å². The van der Waals surface area contributed by atoms with Gasteiger partial charge in [-0.05, 0) is 125 Å². The lowest BCUT2D eigenvalue weighted by atomic mass is 9.95. The Hall–Kier alpha value is -4.28. The number of nitrogens with one attached hydrogen (secondary N) is 1. The largest absolute Gasteiger partial charge is 0.497 e. The van der Waals surface area contributed by atoms with Gasteiger partial charge in [0.15, 0.2) is 4.80 Å². The lowest BCUT2D eigenvalue weighted by Crippen LogP contribution is -2.40. The minimum atomic E-state index is -0.753. The quantitative estimate of drug-likeness (QED) is 0.122. The van der Waals surface area contributed by atoms with Crippen LogP contribution in [0.15, 0.2) is 112 Å². The van der Waals surface area contributed by atoms with Crippen molar-refractivity contribution in [2.24, 2.45) is 4.99 Å². The van der Waals surface area contributed by atoms with Crippen LogP contribution in [-0.2, 0) is 16.1 Å². The van der Waals surface area contributed by atoms with Crippen molar-refractivity contribution in [2.45, 2.75) is 26.5 Å². The number of esters is 1. The summed E-state index contributed by atoms with van der Waals surface area (Å²) in [6, 6.07) is 26.9. The van der Waals surface area contributed by atoms with Crippen molar-refractivity contribution in [1.29, 1.82) is 0 Å². The number of benzene rings is 4.